The van der Waals surface area contributed by atoms with Crippen LogP contribution >= 0.6 is 0 Å². The number of halogens is 1. The predicted octanol–water partition coefficient (Wildman–Crippen LogP) is 1.82. The smallest absolute Gasteiger partial charge is 0.134 e. The lowest BCUT2D eigenvalue weighted by atomic mass is 10.0. The second kappa shape index (κ2) is 3.52. The number of nitrogens with zero attached hydrogens (tertiary/aromatic N) is 2. The Morgan fingerprint density at radius 1 is 1.44 bits per heavy atom. The maximum atomic E-state index is 13.7. The topological polar surface area (TPSA) is 64.1 Å². The summed E-state index contributed by atoms with van der Waals surface area (Å²) in [4.78, 5) is 0. The molecule has 0 atom stereocenters. The Labute approximate surface area is 92.1 Å². The van der Waals surface area contributed by atoms with Crippen molar-refractivity contribution in [2.75, 3.05) is 5.73 Å². The van der Waals surface area contributed by atoms with Gasteiger partial charge in [0, 0.05) is 7.05 Å². The molecular weight excluding hydrogens is 209 g/mol. The van der Waals surface area contributed by atoms with Crippen molar-refractivity contribution >= 4 is 5.82 Å². The maximum Gasteiger partial charge on any atom is 0.134 e. The Kier molecular flexibility index (Phi) is 2.30. The van der Waals surface area contributed by atoms with Gasteiger partial charge in [-0.1, -0.05) is 6.07 Å². The monoisotopic (exact) mass is 221 g/mol. The predicted molar refractivity (Wildman–Crippen MR) is 59.4 cm³/mol. The van der Waals surface area contributed by atoms with E-state index < -0.39 is 5.82 Å². The van der Waals surface area contributed by atoms with Crippen LogP contribution in [0.25, 0.3) is 11.1 Å². The van der Waals surface area contributed by atoms with Gasteiger partial charge in [-0.25, -0.2) is 4.39 Å². The van der Waals surface area contributed by atoms with Crippen LogP contribution in [0.1, 0.15) is 5.56 Å². The molecular formula is C11H12FN3O. The lowest BCUT2D eigenvalue weighted by molar-refractivity contribution is 0.468. The van der Waals surface area contributed by atoms with E-state index in [4.69, 9.17) is 5.73 Å². The number of anilines is 1. The third kappa shape index (κ3) is 1.41. The molecule has 0 saturated carbocycles. The number of phenols is 1. The quantitative estimate of drug-likeness (QED) is 0.772. The number of nitrogen functional groups attached to an aromatic ring is 1. The number of nitrogens with two attached hydrogens (primary N) is 1. The molecule has 0 unspecified atom stereocenters. The summed E-state index contributed by atoms with van der Waals surface area (Å²) in [5, 5.41) is 13.8. The van der Waals surface area contributed by atoms with Gasteiger partial charge in [-0.05, 0) is 18.6 Å². The first-order valence-corrected chi connectivity index (χ1v) is 4.78. The first kappa shape index (κ1) is 10.5. The molecule has 2 rings (SSSR count). The van der Waals surface area contributed by atoms with Crippen LogP contribution in [-0.2, 0) is 7.05 Å². The Bertz CT molecular complexity index is 548. The highest BCUT2D eigenvalue weighted by Gasteiger charge is 2.17. The SMILES string of the molecule is Cc1ccc(F)c(-c2cnn(C)c2N)c1O. The molecule has 0 spiro atoms. The minimum Gasteiger partial charge on any atom is -0.507 e. The van der Waals surface area contributed by atoms with E-state index in [0.29, 0.717) is 16.9 Å². The molecule has 84 valence electrons. The van der Waals surface area contributed by atoms with E-state index in [1.807, 2.05) is 0 Å². The van der Waals surface area contributed by atoms with Gasteiger partial charge in [0.05, 0.1) is 17.3 Å². The average molecular weight is 221 g/mol. The van der Waals surface area contributed by atoms with Crippen molar-refractivity contribution in [2.45, 2.75) is 6.92 Å². The number of phenolic OH excluding ortho intramolecular Hbond substituents is 1. The van der Waals surface area contributed by atoms with Crippen LogP contribution in [0.3, 0.4) is 0 Å². The Balaban J connectivity index is 2.73. The standard InChI is InChI=1S/C11H12FN3O/c1-6-3-4-8(12)9(10(6)16)7-5-14-15(2)11(7)13/h3-5,16H,13H2,1-2H3. The maximum absolute atomic E-state index is 13.7. The summed E-state index contributed by atoms with van der Waals surface area (Å²) in [6, 6.07) is 2.82. The second-order valence-corrected chi connectivity index (χ2v) is 3.65. The number of aromatic hydroxyl groups is 1. The third-order valence-corrected chi connectivity index (χ3v) is 2.58. The summed E-state index contributed by atoms with van der Waals surface area (Å²) in [5.74, 6) is -0.290. The van der Waals surface area contributed by atoms with Crippen molar-refractivity contribution in [3.8, 4) is 16.9 Å². The van der Waals surface area contributed by atoms with Gasteiger partial charge in [0.25, 0.3) is 0 Å². The van der Waals surface area contributed by atoms with Crippen LogP contribution in [0.4, 0.5) is 10.2 Å². The van der Waals surface area contributed by atoms with E-state index >= 15 is 0 Å². The first-order chi connectivity index (χ1) is 7.52. The first-order valence-electron chi connectivity index (χ1n) is 4.78. The van der Waals surface area contributed by atoms with E-state index in [1.165, 1.54) is 23.0 Å². The molecule has 5 heteroatoms. The fraction of sp³-hybridized carbons (Fsp3) is 0.182. The second-order valence-electron chi connectivity index (χ2n) is 3.65. The molecule has 1 heterocycles. The van der Waals surface area contributed by atoms with Crippen molar-refractivity contribution in [1.82, 2.24) is 9.78 Å². The van der Waals surface area contributed by atoms with Crippen molar-refractivity contribution < 1.29 is 9.50 Å². The molecule has 1 aromatic carbocycles. The zero-order valence-corrected chi connectivity index (χ0v) is 9.03. The van der Waals surface area contributed by atoms with Crippen LogP contribution in [0.15, 0.2) is 18.3 Å². The minimum absolute atomic E-state index is 0.0975. The van der Waals surface area contributed by atoms with Gasteiger partial charge in [0.15, 0.2) is 0 Å². The van der Waals surface area contributed by atoms with Crippen LogP contribution < -0.4 is 5.73 Å². The van der Waals surface area contributed by atoms with Gasteiger partial charge in [-0.3, -0.25) is 4.68 Å². The fourth-order valence-corrected chi connectivity index (χ4v) is 1.57. The lowest BCUT2D eigenvalue weighted by Gasteiger charge is -2.07. The van der Waals surface area contributed by atoms with Crippen LogP contribution in [0.2, 0.25) is 0 Å². The molecule has 0 aliphatic rings. The number of rotatable bonds is 1. The van der Waals surface area contributed by atoms with Gasteiger partial charge in [0.2, 0.25) is 0 Å². The number of aromatic nitrogens is 2. The molecule has 3 N–H and O–H groups in total. The van der Waals surface area contributed by atoms with Crippen LogP contribution in [0.5, 0.6) is 5.75 Å². The van der Waals surface area contributed by atoms with E-state index in [-0.39, 0.29) is 11.3 Å². The molecule has 0 fully saturated rings. The summed E-state index contributed by atoms with van der Waals surface area (Å²) < 4.78 is 15.1. The Morgan fingerprint density at radius 3 is 2.69 bits per heavy atom. The molecule has 16 heavy (non-hydrogen) atoms. The highest BCUT2D eigenvalue weighted by Crippen LogP contribution is 2.36. The third-order valence-electron chi connectivity index (χ3n) is 2.58. The van der Waals surface area contributed by atoms with Crippen molar-refractivity contribution in [1.29, 1.82) is 0 Å². The zero-order valence-electron chi connectivity index (χ0n) is 9.03. The van der Waals surface area contributed by atoms with Crippen LogP contribution in [-0.4, -0.2) is 14.9 Å². The van der Waals surface area contributed by atoms with E-state index in [1.54, 1.807) is 14.0 Å². The summed E-state index contributed by atoms with van der Waals surface area (Å²) in [6.07, 6.45) is 1.44. The molecule has 0 aliphatic carbocycles. The van der Waals surface area contributed by atoms with Gasteiger partial charge in [-0.15, -0.1) is 0 Å². The van der Waals surface area contributed by atoms with E-state index in [0.717, 1.165) is 0 Å². The molecule has 0 amide bonds. The highest BCUT2D eigenvalue weighted by molar-refractivity contribution is 5.79. The van der Waals surface area contributed by atoms with Crippen LogP contribution in [0, 0.1) is 12.7 Å². The number of hydrogen-bond donors (Lipinski definition) is 2. The highest BCUT2D eigenvalue weighted by atomic mass is 19.1. The minimum atomic E-state index is -0.511. The molecule has 0 aliphatic heterocycles. The average Bonchev–Trinajstić information content (AvgIpc) is 2.56. The number of hydrogen-bond acceptors (Lipinski definition) is 3. The summed E-state index contributed by atoms with van der Waals surface area (Å²) in [5.41, 5.74) is 6.85. The molecule has 4 nitrogen and oxygen atoms in total. The van der Waals surface area contributed by atoms with E-state index in [2.05, 4.69) is 5.10 Å². The van der Waals surface area contributed by atoms with Crippen molar-refractivity contribution in [3.05, 3.63) is 29.7 Å². The molecule has 0 saturated heterocycles. The molecule has 0 radical (unpaired) electrons. The summed E-state index contributed by atoms with van der Waals surface area (Å²) >= 11 is 0. The van der Waals surface area contributed by atoms with E-state index in [9.17, 15) is 9.50 Å². The molecule has 2 aromatic rings. The molecule has 1 aromatic heterocycles. The van der Waals surface area contributed by atoms with Gasteiger partial charge < -0.3 is 10.8 Å². The number of aryl methyl sites for hydroxylation is 2. The molecule has 0 bridgehead atoms. The van der Waals surface area contributed by atoms with Gasteiger partial charge in [-0.2, -0.15) is 5.10 Å². The van der Waals surface area contributed by atoms with Gasteiger partial charge in [0.1, 0.15) is 17.4 Å². The van der Waals surface area contributed by atoms with Gasteiger partial charge >= 0.3 is 0 Å². The zero-order chi connectivity index (χ0) is 11.9. The van der Waals surface area contributed by atoms with Crippen molar-refractivity contribution in [3.63, 3.8) is 0 Å². The number of benzene rings is 1. The normalized spacial score (nSPS) is 10.7. The Morgan fingerprint density at radius 2 is 2.12 bits per heavy atom. The summed E-state index contributed by atoms with van der Waals surface area (Å²) in [7, 11) is 1.66. The largest absolute Gasteiger partial charge is 0.507 e. The Hall–Kier alpha value is -2.04. The van der Waals surface area contributed by atoms with Crippen molar-refractivity contribution in [2.24, 2.45) is 7.05 Å². The lowest BCUT2D eigenvalue weighted by Crippen LogP contribution is -1.99. The summed E-state index contributed by atoms with van der Waals surface area (Å²) in [6.45, 7) is 1.70. The fourth-order valence-electron chi connectivity index (χ4n) is 1.57.